The fourth-order valence-corrected chi connectivity index (χ4v) is 3.70. The van der Waals surface area contributed by atoms with Crippen LogP contribution in [0.15, 0.2) is 57.7 Å². The second-order valence-electron chi connectivity index (χ2n) is 7.26. The van der Waals surface area contributed by atoms with E-state index in [0.29, 0.717) is 61.6 Å². The summed E-state index contributed by atoms with van der Waals surface area (Å²) in [5.74, 6) is 0.160. The van der Waals surface area contributed by atoms with Gasteiger partial charge in [0.2, 0.25) is 0 Å². The lowest BCUT2D eigenvalue weighted by atomic mass is 10.1. The van der Waals surface area contributed by atoms with E-state index in [2.05, 4.69) is 4.90 Å². The number of benzene rings is 2. The van der Waals surface area contributed by atoms with Crippen LogP contribution in [0.25, 0.3) is 11.0 Å². The highest BCUT2D eigenvalue weighted by molar-refractivity contribution is 6.05. The fourth-order valence-electron chi connectivity index (χ4n) is 3.70. The van der Waals surface area contributed by atoms with E-state index in [9.17, 15) is 14.0 Å². The number of hydrogen-bond acceptors (Lipinski definition) is 5. The van der Waals surface area contributed by atoms with Crippen molar-refractivity contribution in [2.45, 2.75) is 13.5 Å². The Kier molecular flexibility index (Phi) is 5.81. The maximum absolute atomic E-state index is 13.1. The maximum atomic E-state index is 13.1. The van der Waals surface area contributed by atoms with Crippen molar-refractivity contribution in [3.05, 3.63) is 75.9 Å². The quantitative estimate of drug-likeness (QED) is 0.604. The summed E-state index contributed by atoms with van der Waals surface area (Å²) in [4.78, 5) is 29.1. The third kappa shape index (κ3) is 4.36. The van der Waals surface area contributed by atoms with Gasteiger partial charge in [-0.05, 0) is 36.8 Å². The van der Waals surface area contributed by atoms with Crippen molar-refractivity contribution in [3.8, 4) is 5.75 Å². The van der Waals surface area contributed by atoms with Crippen molar-refractivity contribution in [3.63, 3.8) is 0 Å². The first kappa shape index (κ1) is 20.1. The summed E-state index contributed by atoms with van der Waals surface area (Å²) in [5.41, 5.74) is 1.16. The van der Waals surface area contributed by atoms with Gasteiger partial charge in [0.25, 0.3) is 5.91 Å². The molecule has 2 heterocycles. The molecule has 0 unspecified atom stereocenters. The van der Waals surface area contributed by atoms with Gasteiger partial charge in [-0.1, -0.05) is 12.1 Å². The number of nitrogens with zero attached hydrogens (tertiary/aromatic N) is 2. The minimum Gasteiger partial charge on any atom is -0.494 e. The summed E-state index contributed by atoms with van der Waals surface area (Å²) in [5, 5.41) is 0.594. The molecule has 1 saturated heterocycles. The number of piperazine rings is 1. The first-order valence-electron chi connectivity index (χ1n) is 10.0. The lowest BCUT2D eigenvalue weighted by molar-refractivity contribution is 0.0629. The molecule has 0 bridgehead atoms. The van der Waals surface area contributed by atoms with Crippen molar-refractivity contribution >= 4 is 16.9 Å². The second-order valence-corrected chi connectivity index (χ2v) is 7.26. The molecule has 3 aromatic rings. The van der Waals surface area contributed by atoms with Gasteiger partial charge in [0.1, 0.15) is 17.1 Å². The van der Waals surface area contributed by atoms with E-state index < -0.39 is 5.63 Å². The lowest BCUT2D eigenvalue weighted by Crippen LogP contribution is -2.48. The summed E-state index contributed by atoms with van der Waals surface area (Å²) in [7, 11) is 0. The molecule has 156 valence electrons. The Morgan fingerprint density at radius 3 is 2.50 bits per heavy atom. The van der Waals surface area contributed by atoms with E-state index >= 15 is 0 Å². The number of carbonyl (C=O) groups excluding carboxylic acids is 1. The number of amides is 1. The van der Waals surface area contributed by atoms with Crippen LogP contribution in [-0.4, -0.2) is 48.5 Å². The van der Waals surface area contributed by atoms with E-state index in [1.807, 2.05) is 6.92 Å². The van der Waals surface area contributed by atoms with Crippen LogP contribution in [0.4, 0.5) is 4.39 Å². The molecule has 6 nitrogen and oxygen atoms in total. The zero-order valence-corrected chi connectivity index (χ0v) is 16.8. The Labute approximate surface area is 173 Å². The number of carbonyl (C=O) groups is 1. The zero-order chi connectivity index (χ0) is 21.1. The largest absolute Gasteiger partial charge is 0.494 e. The molecular formula is C23H23FN2O4. The van der Waals surface area contributed by atoms with Crippen LogP contribution >= 0.6 is 0 Å². The molecule has 2 aromatic carbocycles. The predicted molar refractivity (Wildman–Crippen MR) is 111 cm³/mol. The van der Waals surface area contributed by atoms with Gasteiger partial charge in [0.15, 0.2) is 0 Å². The SMILES string of the molecule is CCOc1ccc2c(C(=O)N3CCN(Cc4ccc(F)cc4)CC3)cc(=O)oc2c1. The maximum Gasteiger partial charge on any atom is 0.337 e. The van der Waals surface area contributed by atoms with Crippen LogP contribution in [0.2, 0.25) is 0 Å². The van der Waals surface area contributed by atoms with E-state index in [1.165, 1.54) is 18.2 Å². The molecule has 1 aliphatic heterocycles. The number of rotatable bonds is 5. The van der Waals surface area contributed by atoms with E-state index in [1.54, 1.807) is 35.2 Å². The van der Waals surface area contributed by atoms with Gasteiger partial charge < -0.3 is 14.1 Å². The number of ether oxygens (including phenoxy) is 1. The normalized spacial score (nSPS) is 14.8. The summed E-state index contributed by atoms with van der Waals surface area (Å²) in [6.45, 7) is 5.60. The van der Waals surface area contributed by atoms with Crippen LogP contribution in [0.5, 0.6) is 5.75 Å². The average molecular weight is 410 g/mol. The number of halogens is 1. The molecule has 1 aliphatic rings. The summed E-state index contributed by atoms with van der Waals surface area (Å²) in [6.07, 6.45) is 0. The Bertz CT molecular complexity index is 1100. The molecule has 0 spiro atoms. The topological polar surface area (TPSA) is 63.0 Å². The smallest absolute Gasteiger partial charge is 0.337 e. The van der Waals surface area contributed by atoms with E-state index in [0.717, 1.165) is 5.56 Å². The van der Waals surface area contributed by atoms with Gasteiger partial charge in [0, 0.05) is 50.2 Å². The van der Waals surface area contributed by atoms with Gasteiger partial charge in [-0.15, -0.1) is 0 Å². The zero-order valence-electron chi connectivity index (χ0n) is 16.8. The summed E-state index contributed by atoms with van der Waals surface area (Å²) in [6, 6.07) is 12.9. The minimum absolute atomic E-state index is 0.182. The Hall–Kier alpha value is -3.19. The number of fused-ring (bicyclic) bond motifs is 1. The highest BCUT2D eigenvalue weighted by Crippen LogP contribution is 2.24. The van der Waals surface area contributed by atoms with Gasteiger partial charge in [-0.25, -0.2) is 9.18 Å². The second kappa shape index (κ2) is 8.67. The van der Waals surface area contributed by atoms with Crippen molar-refractivity contribution in [1.82, 2.24) is 9.80 Å². The molecule has 0 saturated carbocycles. The molecule has 1 amide bonds. The molecule has 1 fully saturated rings. The monoisotopic (exact) mass is 410 g/mol. The first-order chi connectivity index (χ1) is 14.5. The first-order valence-corrected chi connectivity index (χ1v) is 10.0. The van der Waals surface area contributed by atoms with E-state index in [-0.39, 0.29) is 11.7 Å². The third-order valence-electron chi connectivity index (χ3n) is 5.24. The molecular weight excluding hydrogens is 387 g/mol. The highest BCUT2D eigenvalue weighted by atomic mass is 19.1. The predicted octanol–water partition coefficient (Wildman–Crippen LogP) is 3.29. The van der Waals surface area contributed by atoms with Crippen molar-refractivity contribution in [1.29, 1.82) is 0 Å². The highest BCUT2D eigenvalue weighted by Gasteiger charge is 2.24. The minimum atomic E-state index is -0.561. The van der Waals surface area contributed by atoms with Gasteiger partial charge >= 0.3 is 5.63 Å². The fraction of sp³-hybridized carbons (Fsp3) is 0.304. The third-order valence-corrected chi connectivity index (χ3v) is 5.24. The summed E-state index contributed by atoms with van der Waals surface area (Å²) < 4.78 is 23.8. The molecule has 4 rings (SSSR count). The Balaban J connectivity index is 1.48. The number of hydrogen-bond donors (Lipinski definition) is 0. The van der Waals surface area contributed by atoms with Crippen molar-refractivity contribution in [2.75, 3.05) is 32.8 Å². The van der Waals surface area contributed by atoms with E-state index in [4.69, 9.17) is 9.15 Å². The van der Waals surface area contributed by atoms with Gasteiger partial charge in [0.05, 0.1) is 12.2 Å². The van der Waals surface area contributed by atoms with Gasteiger partial charge in [-0.2, -0.15) is 0 Å². The average Bonchev–Trinajstić information content (AvgIpc) is 2.75. The summed E-state index contributed by atoms with van der Waals surface area (Å²) >= 11 is 0. The molecule has 0 radical (unpaired) electrons. The molecule has 30 heavy (non-hydrogen) atoms. The Morgan fingerprint density at radius 1 is 1.07 bits per heavy atom. The van der Waals surface area contributed by atoms with Crippen LogP contribution < -0.4 is 10.4 Å². The molecule has 0 N–H and O–H groups in total. The standard InChI is InChI=1S/C23H23FN2O4/c1-2-29-18-7-8-19-20(14-22(27)30-21(19)13-18)23(28)26-11-9-25(10-12-26)15-16-3-5-17(24)6-4-16/h3-8,13-14H,2,9-12,15H2,1H3. The molecule has 0 atom stereocenters. The Morgan fingerprint density at radius 2 is 1.80 bits per heavy atom. The van der Waals surface area contributed by atoms with Crippen LogP contribution in [0.3, 0.4) is 0 Å². The molecule has 7 heteroatoms. The van der Waals surface area contributed by atoms with Crippen LogP contribution in [0.1, 0.15) is 22.8 Å². The van der Waals surface area contributed by atoms with Crippen LogP contribution in [0, 0.1) is 5.82 Å². The molecule has 1 aromatic heterocycles. The van der Waals surface area contributed by atoms with Crippen LogP contribution in [-0.2, 0) is 6.54 Å². The van der Waals surface area contributed by atoms with Gasteiger partial charge in [-0.3, -0.25) is 9.69 Å². The molecule has 0 aliphatic carbocycles. The van der Waals surface area contributed by atoms with Crippen molar-refractivity contribution in [2.24, 2.45) is 0 Å². The lowest BCUT2D eigenvalue weighted by Gasteiger charge is -2.35. The van der Waals surface area contributed by atoms with Crippen molar-refractivity contribution < 1.29 is 18.3 Å².